The van der Waals surface area contributed by atoms with Crippen molar-refractivity contribution in [2.75, 3.05) is 0 Å². The first-order chi connectivity index (χ1) is 9.63. The molecule has 112 valence electrons. The molecule has 0 amide bonds. The maximum atomic E-state index is 7.13. The molecule has 0 saturated carbocycles. The third-order valence-corrected chi connectivity index (χ3v) is 5.42. The molecule has 1 unspecified atom stereocenters. The Morgan fingerprint density at radius 2 is 1.55 bits per heavy atom. The topological polar surface area (TPSA) is 26.0 Å². The zero-order chi connectivity index (χ0) is 14.6. The quantitative estimate of drug-likeness (QED) is 0.760. The van der Waals surface area contributed by atoms with Gasteiger partial charge in [-0.05, 0) is 48.6 Å². The van der Waals surface area contributed by atoms with Gasteiger partial charge in [0.15, 0.2) is 0 Å². The van der Waals surface area contributed by atoms with Crippen LogP contribution in [0.15, 0.2) is 24.3 Å². The van der Waals surface area contributed by atoms with Crippen LogP contribution in [-0.4, -0.2) is 0 Å². The Morgan fingerprint density at radius 3 is 2.15 bits per heavy atom. The highest BCUT2D eigenvalue weighted by molar-refractivity contribution is 5.39. The second kappa shape index (κ2) is 6.30. The molecule has 1 aliphatic carbocycles. The van der Waals surface area contributed by atoms with Crippen LogP contribution in [0, 0.1) is 5.41 Å². The zero-order valence-corrected chi connectivity index (χ0v) is 13.5. The maximum Gasteiger partial charge on any atom is 0.0469 e. The number of fused-ring (bicyclic) bond motifs is 1. The first-order valence-electron chi connectivity index (χ1n) is 8.51. The SMILES string of the molecule is CCCC1(CCC)CCc2ccccc2C1(N)CCC. The average Bonchev–Trinajstić information content (AvgIpc) is 2.44. The molecule has 0 spiro atoms. The first-order valence-corrected chi connectivity index (χ1v) is 8.51. The molecule has 20 heavy (non-hydrogen) atoms. The van der Waals surface area contributed by atoms with Crippen LogP contribution in [0.1, 0.15) is 76.8 Å². The lowest BCUT2D eigenvalue weighted by Gasteiger charge is -2.53. The van der Waals surface area contributed by atoms with E-state index in [0.717, 1.165) is 6.42 Å². The van der Waals surface area contributed by atoms with E-state index < -0.39 is 0 Å². The highest BCUT2D eigenvalue weighted by Crippen LogP contribution is 2.54. The molecule has 0 bridgehead atoms. The number of aryl methyl sites for hydroxylation is 1. The van der Waals surface area contributed by atoms with Gasteiger partial charge in [-0.15, -0.1) is 0 Å². The number of hydrogen-bond donors (Lipinski definition) is 1. The van der Waals surface area contributed by atoms with Crippen LogP contribution in [0.3, 0.4) is 0 Å². The highest BCUT2D eigenvalue weighted by Gasteiger charge is 2.50. The van der Waals surface area contributed by atoms with Gasteiger partial charge in [0.05, 0.1) is 0 Å². The van der Waals surface area contributed by atoms with Crippen molar-refractivity contribution in [1.82, 2.24) is 0 Å². The van der Waals surface area contributed by atoms with E-state index in [2.05, 4.69) is 45.0 Å². The van der Waals surface area contributed by atoms with Crippen molar-refractivity contribution in [2.45, 2.75) is 77.7 Å². The van der Waals surface area contributed by atoms with E-state index in [9.17, 15) is 0 Å². The zero-order valence-electron chi connectivity index (χ0n) is 13.5. The fraction of sp³-hybridized carbons (Fsp3) is 0.684. The van der Waals surface area contributed by atoms with Gasteiger partial charge in [0.25, 0.3) is 0 Å². The van der Waals surface area contributed by atoms with Crippen LogP contribution >= 0.6 is 0 Å². The third-order valence-electron chi connectivity index (χ3n) is 5.42. The van der Waals surface area contributed by atoms with Gasteiger partial charge in [0.1, 0.15) is 0 Å². The molecular weight excluding hydrogens is 242 g/mol. The summed E-state index contributed by atoms with van der Waals surface area (Å²) in [7, 11) is 0. The fourth-order valence-electron chi connectivity index (χ4n) is 4.63. The smallest absolute Gasteiger partial charge is 0.0469 e. The summed E-state index contributed by atoms with van der Waals surface area (Å²) in [4.78, 5) is 0. The summed E-state index contributed by atoms with van der Waals surface area (Å²) in [5.74, 6) is 0. The summed E-state index contributed by atoms with van der Waals surface area (Å²) in [5.41, 5.74) is 10.2. The average molecular weight is 273 g/mol. The Morgan fingerprint density at radius 1 is 0.950 bits per heavy atom. The predicted molar refractivity (Wildman–Crippen MR) is 87.8 cm³/mol. The van der Waals surface area contributed by atoms with E-state index in [0.29, 0.717) is 5.41 Å². The standard InChI is InChI=1S/C19H31N/c1-4-12-18(13-5-2)15-11-16-9-7-8-10-17(16)19(18,20)14-6-3/h7-10H,4-6,11-15,20H2,1-3H3. The Labute approximate surface area is 125 Å². The van der Waals surface area contributed by atoms with Crippen molar-refractivity contribution in [1.29, 1.82) is 0 Å². The van der Waals surface area contributed by atoms with E-state index in [1.165, 1.54) is 56.1 Å². The molecule has 0 aromatic heterocycles. The number of benzene rings is 1. The molecule has 1 aromatic carbocycles. The van der Waals surface area contributed by atoms with Crippen molar-refractivity contribution >= 4 is 0 Å². The van der Waals surface area contributed by atoms with Gasteiger partial charge in [-0.1, -0.05) is 64.3 Å². The Balaban J connectivity index is 2.52. The van der Waals surface area contributed by atoms with E-state index in [1.54, 1.807) is 0 Å². The van der Waals surface area contributed by atoms with Crippen LogP contribution in [0.4, 0.5) is 0 Å². The molecule has 1 aromatic rings. The summed E-state index contributed by atoms with van der Waals surface area (Å²) in [5, 5.41) is 0. The molecule has 2 N–H and O–H groups in total. The molecule has 0 aliphatic heterocycles. The largest absolute Gasteiger partial charge is 0.321 e. The lowest BCUT2D eigenvalue weighted by atomic mass is 9.54. The normalized spacial score (nSPS) is 24.4. The van der Waals surface area contributed by atoms with Crippen molar-refractivity contribution < 1.29 is 0 Å². The minimum absolute atomic E-state index is 0.122. The molecule has 1 heteroatoms. The monoisotopic (exact) mass is 273 g/mol. The Hall–Kier alpha value is -0.820. The predicted octanol–water partition coefficient (Wildman–Crippen LogP) is 5.17. The van der Waals surface area contributed by atoms with Crippen LogP contribution < -0.4 is 5.73 Å². The molecule has 0 heterocycles. The Kier molecular flexibility index (Phi) is 4.90. The molecule has 0 radical (unpaired) electrons. The third kappa shape index (κ3) is 2.41. The van der Waals surface area contributed by atoms with Gasteiger partial charge in [-0.3, -0.25) is 0 Å². The van der Waals surface area contributed by atoms with E-state index >= 15 is 0 Å². The lowest BCUT2D eigenvalue weighted by Crippen LogP contribution is -2.55. The van der Waals surface area contributed by atoms with Gasteiger partial charge in [-0.2, -0.15) is 0 Å². The second-order valence-electron chi connectivity index (χ2n) is 6.66. The summed E-state index contributed by atoms with van der Waals surface area (Å²) in [6, 6.07) is 8.92. The molecule has 0 saturated heterocycles. The Bertz CT molecular complexity index is 431. The summed E-state index contributed by atoms with van der Waals surface area (Å²) in [6.45, 7) is 6.89. The van der Waals surface area contributed by atoms with Crippen molar-refractivity contribution in [3.8, 4) is 0 Å². The first kappa shape index (κ1) is 15.6. The fourth-order valence-corrected chi connectivity index (χ4v) is 4.63. The number of hydrogen-bond acceptors (Lipinski definition) is 1. The number of rotatable bonds is 6. The summed E-state index contributed by atoms with van der Waals surface area (Å²) in [6.07, 6.45) is 9.78. The highest BCUT2D eigenvalue weighted by atomic mass is 14.8. The molecule has 0 fully saturated rings. The van der Waals surface area contributed by atoms with E-state index in [-0.39, 0.29) is 5.54 Å². The van der Waals surface area contributed by atoms with Gasteiger partial charge >= 0.3 is 0 Å². The molecular formula is C19H31N. The van der Waals surface area contributed by atoms with Crippen LogP contribution in [0.25, 0.3) is 0 Å². The minimum atomic E-state index is -0.122. The molecule has 1 atom stereocenters. The molecule has 2 rings (SSSR count). The van der Waals surface area contributed by atoms with E-state index in [4.69, 9.17) is 5.73 Å². The second-order valence-corrected chi connectivity index (χ2v) is 6.66. The summed E-state index contributed by atoms with van der Waals surface area (Å²) < 4.78 is 0. The van der Waals surface area contributed by atoms with Crippen molar-refractivity contribution in [2.24, 2.45) is 11.1 Å². The summed E-state index contributed by atoms with van der Waals surface area (Å²) >= 11 is 0. The molecule has 1 nitrogen and oxygen atoms in total. The van der Waals surface area contributed by atoms with Gasteiger partial charge in [0, 0.05) is 5.54 Å². The van der Waals surface area contributed by atoms with Crippen LogP contribution in [0.2, 0.25) is 0 Å². The van der Waals surface area contributed by atoms with Gasteiger partial charge < -0.3 is 5.73 Å². The van der Waals surface area contributed by atoms with Crippen molar-refractivity contribution in [3.05, 3.63) is 35.4 Å². The molecule has 1 aliphatic rings. The van der Waals surface area contributed by atoms with Crippen molar-refractivity contribution in [3.63, 3.8) is 0 Å². The number of nitrogens with two attached hydrogens (primary N) is 1. The van der Waals surface area contributed by atoms with Crippen LogP contribution in [-0.2, 0) is 12.0 Å². The van der Waals surface area contributed by atoms with E-state index in [1.807, 2.05) is 0 Å². The lowest BCUT2D eigenvalue weighted by molar-refractivity contribution is 0.0560. The minimum Gasteiger partial charge on any atom is -0.321 e. The van der Waals surface area contributed by atoms with Crippen LogP contribution in [0.5, 0.6) is 0 Å². The van der Waals surface area contributed by atoms with Gasteiger partial charge in [0.2, 0.25) is 0 Å². The maximum absolute atomic E-state index is 7.13. The van der Waals surface area contributed by atoms with Gasteiger partial charge in [-0.25, -0.2) is 0 Å².